The number of Topliss-reactive ketones (excluding diaryl/α,β-unsaturated/α-hetero) is 1. The molecule has 0 spiro atoms. The fraction of sp³-hybridized carbons (Fsp3) is 0.417. The van der Waals surface area contributed by atoms with Gasteiger partial charge in [-0.1, -0.05) is 0 Å². The lowest BCUT2D eigenvalue weighted by Gasteiger charge is -2.02. The molecule has 0 aliphatic rings. The fourth-order valence-corrected chi connectivity index (χ4v) is 1.28. The third-order valence-corrected chi connectivity index (χ3v) is 2.20. The van der Waals surface area contributed by atoms with E-state index in [2.05, 4.69) is 10.2 Å². The summed E-state index contributed by atoms with van der Waals surface area (Å²) in [5, 5.41) is 7.99. The number of ketones is 1. The Labute approximate surface area is 101 Å². The molecule has 0 unspecified atom stereocenters. The molecule has 0 aliphatic heterocycles. The average Bonchev–Trinajstić information content (AvgIpc) is 2.30. The standard InChI is InChI=1S/C12H17N3O2/c1-9(16)4-3-7-14-15-12-6-5-10(17-2)8-11(12)13/h5-6,8H,3-4,7,13H2,1-2H3. The molecule has 0 saturated carbocycles. The van der Waals surface area contributed by atoms with Crippen LogP contribution in [0.25, 0.3) is 0 Å². The highest BCUT2D eigenvalue weighted by Gasteiger charge is 1.99. The van der Waals surface area contributed by atoms with Crippen molar-refractivity contribution in [1.82, 2.24) is 0 Å². The zero-order valence-corrected chi connectivity index (χ0v) is 10.1. The lowest BCUT2D eigenvalue weighted by Crippen LogP contribution is -1.91. The van der Waals surface area contributed by atoms with Gasteiger partial charge in [-0.25, -0.2) is 0 Å². The molecular formula is C12H17N3O2. The topological polar surface area (TPSA) is 77.0 Å². The molecule has 92 valence electrons. The van der Waals surface area contributed by atoms with Crippen molar-refractivity contribution in [2.24, 2.45) is 10.2 Å². The lowest BCUT2D eigenvalue weighted by molar-refractivity contribution is -0.117. The zero-order valence-electron chi connectivity index (χ0n) is 10.1. The number of azo groups is 1. The van der Waals surface area contributed by atoms with Gasteiger partial charge in [0.25, 0.3) is 0 Å². The van der Waals surface area contributed by atoms with E-state index in [0.29, 0.717) is 30.1 Å². The molecule has 0 saturated heterocycles. The molecule has 1 aromatic carbocycles. The number of hydrogen-bond donors (Lipinski definition) is 1. The van der Waals surface area contributed by atoms with E-state index in [1.807, 2.05) is 0 Å². The van der Waals surface area contributed by atoms with Gasteiger partial charge in [-0.05, 0) is 25.5 Å². The van der Waals surface area contributed by atoms with Gasteiger partial charge in [0.2, 0.25) is 0 Å². The quantitative estimate of drug-likeness (QED) is 0.468. The van der Waals surface area contributed by atoms with Gasteiger partial charge in [-0.15, -0.1) is 0 Å². The predicted molar refractivity (Wildman–Crippen MR) is 66.7 cm³/mol. The van der Waals surface area contributed by atoms with Gasteiger partial charge in [-0.3, -0.25) is 0 Å². The van der Waals surface area contributed by atoms with Crippen LogP contribution in [0.1, 0.15) is 19.8 Å². The molecule has 0 fully saturated rings. The Kier molecular flexibility index (Phi) is 5.13. The van der Waals surface area contributed by atoms with Gasteiger partial charge in [0.05, 0.1) is 19.3 Å². The molecule has 1 aromatic rings. The first-order valence-corrected chi connectivity index (χ1v) is 5.44. The molecule has 0 bridgehead atoms. The van der Waals surface area contributed by atoms with Gasteiger partial charge in [0.1, 0.15) is 17.2 Å². The van der Waals surface area contributed by atoms with Crippen LogP contribution in [0.3, 0.4) is 0 Å². The maximum Gasteiger partial charge on any atom is 0.129 e. The number of nitrogen functional groups attached to an aromatic ring is 1. The molecule has 0 radical (unpaired) electrons. The van der Waals surface area contributed by atoms with Crippen molar-refractivity contribution in [2.45, 2.75) is 19.8 Å². The van der Waals surface area contributed by atoms with E-state index in [-0.39, 0.29) is 5.78 Å². The monoisotopic (exact) mass is 235 g/mol. The number of ether oxygens (including phenoxy) is 1. The maximum absolute atomic E-state index is 10.7. The Morgan fingerprint density at radius 1 is 1.47 bits per heavy atom. The first kappa shape index (κ1) is 13.2. The van der Waals surface area contributed by atoms with Crippen LogP contribution in [-0.4, -0.2) is 19.4 Å². The molecule has 0 aliphatic carbocycles. The molecule has 0 amide bonds. The number of nitrogens with zero attached hydrogens (tertiary/aromatic N) is 2. The molecular weight excluding hydrogens is 218 g/mol. The van der Waals surface area contributed by atoms with Gasteiger partial charge >= 0.3 is 0 Å². The highest BCUT2D eigenvalue weighted by molar-refractivity contribution is 5.75. The van der Waals surface area contributed by atoms with Crippen molar-refractivity contribution in [3.8, 4) is 5.75 Å². The normalized spacial score (nSPS) is 10.7. The first-order valence-electron chi connectivity index (χ1n) is 5.44. The van der Waals surface area contributed by atoms with Crippen molar-refractivity contribution in [2.75, 3.05) is 19.4 Å². The van der Waals surface area contributed by atoms with Crippen LogP contribution in [0, 0.1) is 0 Å². The summed E-state index contributed by atoms with van der Waals surface area (Å²) >= 11 is 0. The molecule has 0 atom stereocenters. The van der Waals surface area contributed by atoms with Crippen molar-refractivity contribution in [1.29, 1.82) is 0 Å². The van der Waals surface area contributed by atoms with Crippen LogP contribution in [0.5, 0.6) is 5.75 Å². The van der Waals surface area contributed by atoms with Crippen LogP contribution < -0.4 is 10.5 Å². The Hall–Kier alpha value is -1.91. The Morgan fingerprint density at radius 3 is 2.82 bits per heavy atom. The molecule has 5 nitrogen and oxygen atoms in total. The minimum atomic E-state index is 0.171. The van der Waals surface area contributed by atoms with E-state index in [4.69, 9.17) is 10.5 Å². The first-order chi connectivity index (χ1) is 8.13. The molecule has 2 N–H and O–H groups in total. The van der Waals surface area contributed by atoms with E-state index in [1.165, 1.54) is 0 Å². The molecule has 0 aromatic heterocycles. The minimum Gasteiger partial charge on any atom is -0.497 e. The summed E-state index contributed by atoms with van der Waals surface area (Å²) in [6.45, 7) is 2.10. The van der Waals surface area contributed by atoms with Gasteiger partial charge in [-0.2, -0.15) is 10.2 Å². The van der Waals surface area contributed by atoms with Crippen LogP contribution in [0.4, 0.5) is 11.4 Å². The van der Waals surface area contributed by atoms with E-state index < -0.39 is 0 Å². The second-order valence-electron chi connectivity index (χ2n) is 3.70. The SMILES string of the molecule is COc1ccc(N=NCCCC(C)=O)c(N)c1. The summed E-state index contributed by atoms with van der Waals surface area (Å²) in [7, 11) is 1.58. The Bertz CT molecular complexity index is 416. The zero-order chi connectivity index (χ0) is 12.7. The molecule has 5 heteroatoms. The second-order valence-corrected chi connectivity index (χ2v) is 3.70. The van der Waals surface area contributed by atoms with Gasteiger partial charge < -0.3 is 15.3 Å². The number of nitrogens with two attached hydrogens (primary N) is 1. The number of benzene rings is 1. The minimum absolute atomic E-state index is 0.171. The second kappa shape index (κ2) is 6.62. The summed E-state index contributed by atoms with van der Waals surface area (Å²) in [4.78, 5) is 10.7. The van der Waals surface area contributed by atoms with E-state index in [9.17, 15) is 4.79 Å². The van der Waals surface area contributed by atoms with Crippen molar-refractivity contribution < 1.29 is 9.53 Å². The Balaban J connectivity index is 2.50. The third kappa shape index (κ3) is 4.63. The van der Waals surface area contributed by atoms with Crippen molar-refractivity contribution >= 4 is 17.2 Å². The van der Waals surface area contributed by atoms with Crippen LogP contribution >= 0.6 is 0 Å². The largest absolute Gasteiger partial charge is 0.497 e. The molecule has 1 rings (SSSR count). The highest BCUT2D eigenvalue weighted by Crippen LogP contribution is 2.26. The number of anilines is 1. The number of rotatable bonds is 6. The Morgan fingerprint density at radius 2 is 2.24 bits per heavy atom. The van der Waals surface area contributed by atoms with Gasteiger partial charge in [0, 0.05) is 12.5 Å². The summed E-state index contributed by atoms with van der Waals surface area (Å²) in [5.74, 6) is 0.863. The summed E-state index contributed by atoms with van der Waals surface area (Å²) in [6, 6.07) is 5.23. The van der Waals surface area contributed by atoms with E-state index in [0.717, 1.165) is 6.42 Å². The van der Waals surface area contributed by atoms with Crippen LogP contribution in [0.2, 0.25) is 0 Å². The maximum atomic E-state index is 10.7. The highest BCUT2D eigenvalue weighted by atomic mass is 16.5. The van der Waals surface area contributed by atoms with Crippen molar-refractivity contribution in [3.05, 3.63) is 18.2 Å². The van der Waals surface area contributed by atoms with E-state index in [1.54, 1.807) is 32.2 Å². The number of hydrogen-bond acceptors (Lipinski definition) is 5. The average molecular weight is 235 g/mol. The lowest BCUT2D eigenvalue weighted by atomic mass is 10.2. The van der Waals surface area contributed by atoms with Gasteiger partial charge in [0.15, 0.2) is 0 Å². The number of methoxy groups -OCH3 is 1. The van der Waals surface area contributed by atoms with E-state index >= 15 is 0 Å². The molecule has 17 heavy (non-hydrogen) atoms. The van der Waals surface area contributed by atoms with Crippen LogP contribution in [-0.2, 0) is 4.79 Å². The van der Waals surface area contributed by atoms with Crippen molar-refractivity contribution in [3.63, 3.8) is 0 Å². The molecule has 0 heterocycles. The smallest absolute Gasteiger partial charge is 0.129 e. The van der Waals surface area contributed by atoms with Crippen LogP contribution in [0.15, 0.2) is 28.4 Å². The third-order valence-electron chi connectivity index (χ3n) is 2.20. The summed E-state index contributed by atoms with van der Waals surface area (Å²) in [6.07, 6.45) is 1.26. The predicted octanol–water partition coefficient (Wildman–Crippen LogP) is 2.73. The number of carbonyl (C=O) groups excluding carboxylic acids is 1. The summed E-state index contributed by atoms with van der Waals surface area (Å²) < 4.78 is 5.03. The number of carbonyl (C=O) groups is 1. The fourth-order valence-electron chi connectivity index (χ4n) is 1.28. The summed E-state index contributed by atoms with van der Waals surface area (Å²) in [5.41, 5.74) is 6.92.